The number of guanidine groups is 1. The van der Waals surface area contributed by atoms with E-state index in [1.54, 1.807) is 0 Å². The van der Waals surface area contributed by atoms with Crippen molar-refractivity contribution in [1.82, 2.24) is 15.5 Å². The Kier molecular flexibility index (Phi) is 8.54. The molecule has 0 aromatic heterocycles. The molecule has 3 N–H and O–H groups in total. The molecule has 1 aromatic rings. The summed E-state index contributed by atoms with van der Waals surface area (Å²) >= 11 is 0. The van der Waals surface area contributed by atoms with Gasteiger partial charge in [-0.2, -0.15) is 0 Å². The summed E-state index contributed by atoms with van der Waals surface area (Å²) in [6, 6.07) is 8.18. The van der Waals surface area contributed by atoms with Crippen LogP contribution in [0, 0.1) is 0 Å². The lowest BCUT2D eigenvalue weighted by Crippen LogP contribution is -2.52. The number of nitrogens with one attached hydrogen (secondary N) is 2. The molecular weight excluding hydrogens is 467 g/mol. The molecule has 1 aromatic carbocycles. The Balaban J connectivity index is 0.00000280. The fourth-order valence-corrected chi connectivity index (χ4v) is 3.96. The van der Waals surface area contributed by atoms with Gasteiger partial charge in [-0.05, 0) is 44.7 Å². The molecule has 6 nitrogen and oxygen atoms in total. The van der Waals surface area contributed by atoms with Crippen molar-refractivity contribution in [1.29, 1.82) is 0 Å². The van der Waals surface area contributed by atoms with Crippen molar-refractivity contribution in [2.24, 2.45) is 4.99 Å². The van der Waals surface area contributed by atoms with Crippen LogP contribution in [0.3, 0.4) is 0 Å². The lowest BCUT2D eigenvalue weighted by atomic mass is 9.96. The van der Waals surface area contributed by atoms with E-state index in [0.717, 1.165) is 57.2 Å². The highest BCUT2D eigenvalue weighted by molar-refractivity contribution is 14.0. The highest BCUT2D eigenvalue weighted by Crippen LogP contribution is 2.36. The van der Waals surface area contributed by atoms with Gasteiger partial charge in [0.25, 0.3) is 0 Å². The van der Waals surface area contributed by atoms with Crippen LogP contribution in [-0.2, 0) is 16.8 Å². The Morgan fingerprint density at radius 3 is 2.68 bits per heavy atom. The van der Waals surface area contributed by atoms with Crippen LogP contribution >= 0.6 is 24.0 Å². The van der Waals surface area contributed by atoms with E-state index in [9.17, 15) is 5.11 Å². The number of hydrogen-bond acceptors (Lipinski definition) is 4. The average molecular weight is 502 g/mol. The number of morpholine rings is 1. The van der Waals surface area contributed by atoms with Crippen LogP contribution in [0.15, 0.2) is 29.3 Å². The molecule has 158 valence electrons. The van der Waals surface area contributed by atoms with Crippen LogP contribution in [0.1, 0.15) is 38.3 Å². The molecule has 1 unspecified atom stereocenters. The van der Waals surface area contributed by atoms with Crippen molar-refractivity contribution < 1.29 is 9.84 Å². The average Bonchev–Trinajstić information content (AvgIpc) is 3.02. The third-order valence-electron chi connectivity index (χ3n) is 5.71. The predicted molar refractivity (Wildman–Crippen MR) is 125 cm³/mol. The number of aryl methyl sites for hydroxylation is 1. The summed E-state index contributed by atoms with van der Waals surface area (Å²) in [5.74, 6) is 0.761. The molecule has 1 fully saturated rings. The summed E-state index contributed by atoms with van der Waals surface area (Å²) in [5, 5.41) is 17.8. The topological polar surface area (TPSA) is 69.1 Å². The summed E-state index contributed by atoms with van der Waals surface area (Å²) in [5.41, 5.74) is 1.44. The first-order valence-electron chi connectivity index (χ1n) is 10.1. The molecule has 3 rings (SSSR count). The molecular formula is C21H35IN4O2. The summed E-state index contributed by atoms with van der Waals surface area (Å²) in [7, 11) is 0. The largest absolute Gasteiger partial charge is 0.383 e. The van der Waals surface area contributed by atoms with Gasteiger partial charge in [0.05, 0.1) is 26.3 Å². The Morgan fingerprint density at radius 2 is 1.96 bits per heavy atom. The maximum Gasteiger partial charge on any atom is 0.191 e. The minimum Gasteiger partial charge on any atom is -0.383 e. The molecule has 1 atom stereocenters. The Morgan fingerprint density at radius 1 is 1.25 bits per heavy atom. The number of ether oxygens (including phenoxy) is 1. The van der Waals surface area contributed by atoms with Gasteiger partial charge in [0.15, 0.2) is 5.96 Å². The maximum atomic E-state index is 11.1. The number of nitrogens with zero attached hydrogens (tertiary/aromatic N) is 2. The van der Waals surface area contributed by atoms with Crippen LogP contribution in [0.2, 0.25) is 0 Å². The monoisotopic (exact) mass is 502 g/mol. The number of aliphatic imine (C=N–C) groups is 1. The molecule has 0 amide bonds. The van der Waals surface area contributed by atoms with E-state index in [0.29, 0.717) is 13.1 Å². The van der Waals surface area contributed by atoms with Crippen LogP contribution in [0.5, 0.6) is 0 Å². The summed E-state index contributed by atoms with van der Waals surface area (Å²) in [4.78, 5) is 7.24. The molecule has 1 saturated heterocycles. The van der Waals surface area contributed by atoms with Crippen molar-refractivity contribution >= 4 is 29.9 Å². The zero-order valence-electron chi connectivity index (χ0n) is 17.3. The molecule has 0 saturated carbocycles. The van der Waals surface area contributed by atoms with E-state index >= 15 is 0 Å². The standard InChI is InChI=1S/C21H34N4O2.HI/c1-4-22-19(23-15-20(2,3)25-11-13-27-14-12-25)24-16-21(26)10-9-17-7-5-6-8-18(17)21;/h5-8,26H,4,9-16H2,1-3H3,(H2,22,23,24);1H. The quantitative estimate of drug-likeness (QED) is 0.316. The predicted octanol–water partition coefficient (Wildman–Crippen LogP) is 2.10. The van der Waals surface area contributed by atoms with Gasteiger partial charge >= 0.3 is 0 Å². The fourth-order valence-electron chi connectivity index (χ4n) is 3.96. The van der Waals surface area contributed by atoms with E-state index in [-0.39, 0.29) is 29.5 Å². The smallest absolute Gasteiger partial charge is 0.191 e. The molecule has 0 spiro atoms. The van der Waals surface area contributed by atoms with E-state index < -0.39 is 5.60 Å². The van der Waals surface area contributed by atoms with Gasteiger partial charge in [0, 0.05) is 25.2 Å². The normalized spacial score (nSPS) is 23.1. The number of rotatable bonds is 6. The Bertz CT molecular complexity index is 662. The van der Waals surface area contributed by atoms with Crippen LogP contribution in [0.4, 0.5) is 0 Å². The molecule has 1 heterocycles. The van der Waals surface area contributed by atoms with Gasteiger partial charge in [-0.1, -0.05) is 24.3 Å². The third kappa shape index (κ3) is 5.58. The molecule has 1 aliphatic heterocycles. The lowest BCUT2D eigenvalue weighted by molar-refractivity contribution is -0.00686. The number of aliphatic hydroxyl groups is 1. The molecule has 2 aliphatic rings. The van der Waals surface area contributed by atoms with E-state index in [1.807, 2.05) is 18.2 Å². The number of benzene rings is 1. The van der Waals surface area contributed by atoms with Crippen molar-refractivity contribution in [3.05, 3.63) is 35.4 Å². The summed E-state index contributed by atoms with van der Waals surface area (Å²) in [6.07, 6.45) is 1.67. The van der Waals surface area contributed by atoms with Gasteiger partial charge in [0.1, 0.15) is 5.60 Å². The minimum absolute atomic E-state index is 0. The van der Waals surface area contributed by atoms with Gasteiger partial charge in [0.2, 0.25) is 0 Å². The van der Waals surface area contributed by atoms with Crippen molar-refractivity contribution in [2.75, 3.05) is 45.9 Å². The second kappa shape index (κ2) is 10.2. The molecule has 7 heteroatoms. The van der Waals surface area contributed by atoms with E-state index in [2.05, 4.69) is 42.4 Å². The van der Waals surface area contributed by atoms with Crippen molar-refractivity contribution in [3.63, 3.8) is 0 Å². The van der Waals surface area contributed by atoms with E-state index in [4.69, 9.17) is 9.73 Å². The zero-order chi connectivity index (χ0) is 19.3. The number of fused-ring (bicyclic) bond motifs is 1. The van der Waals surface area contributed by atoms with E-state index in [1.165, 1.54) is 5.56 Å². The van der Waals surface area contributed by atoms with Crippen molar-refractivity contribution in [3.8, 4) is 0 Å². The Hall–Kier alpha value is -0.900. The van der Waals surface area contributed by atoms with Crippen molar-refractivity contribution in [2.45, 2.75) is 44.8 Å². The second-order valence-electron chi connectivity index (χ2n) is 8.15. The molecule has 0 radical (unpaired) electrons. The number of halogens is 1. The molecule has 0 bridgehead atoms. The second-order valence-corrected chi connectivity index (χ2v) is 8.15. The fraction of sp³-hybridized carbons (Fsp3) is 0.667. The highest BCUT2D eigenvalue weighted by Gasteiger charge is 2.36. The summed E-state index contributed by atoms with van der Waals surface area (Å²) < 4.78 is 5.46. The van der Waals surface area contributed by atoms with Gasteiger partial charge < -0.3 is 20.5 Å². The summed E-state index contributed by atoms with van der Waals surface area (Å²) in [6.45, 7) is 11.9. The van der Waals surface area contributed by atoms with Gasteiger partial charge in [-0.15, -0.1) is 24.0 Å². The first-order valence-corrected chi connectivity index (χ1v) is 10.1. The first kappa shape index (κ1) is 23.4. The molecule has 1 aliphatic carbocycles. The van der Waals surface area contributed by atoms with Crippen LogP contribution in [0.25, 0.3) is 0 Å². The van der Waals surface area contributed by atoms with Gasteiger partial charge in [-0.25, -0.2) is 0 Å². The molecule has 28 heavy (non-hydrogen) atoms. The van der Waals surface area contributed by atoms with Gasteiger partial charge in [-0.3, -0.25) is 9.89 Å². The van der Waals surface area contributed by atoms with Crippen LogP contribution < -0.4 is 10.6 Å². The third-order valence-corrected chi connectivity index (χ3v) is 5.71. The minimum atomic E-state index is -0.827. The SMILES string of the molecule is CCNC(=NCC(C)(C)N1CCOCC1)NCC1(O)CCc2ccccc21.I. The Labute approximate surface area is 186 Å². The number of hydrogen-bond donors (Lipinski definition) is 3. The zero-order valence-corrected chi connectivity index (χ0v) is 19.7. The maximum absolute atomic E-state index is 11.1. The lowest BCUT2D eigenvalue weighted by Gasteiger charge is -2.40. The van der Waals surface area contributed by atoms with Crippen LogP contribution in [-0.4, -0.2) is 67.4 Å². The highest BCUT2D eigenvalue weighted by atomic mass is 127. The first-order chi connectivity index (χ1) is 12.9.